The van der Waals surface area contributed by atoms with Crippen molar-refractivity contribution < 1.29 is 4.79 Å². The van der Waals surface area contributed by atoms with Crippen molar-refractivity contribution in [1.29, 1.82) is 0 Å². The molecule has 6 rings (SSSR count). The van der Waals surface area contributed by atoms with Crippen LogP contribution < -0.4 is 0 Å². The zero-order valence-electron chi connectivity index (χ0n) is 16.0. The quantitative estimate of drug-likeness (QED) is 0.824. The van der Waals surface area contributed by atoms with Crippen molar-refractivity contribution in [2.45, 2.75) is 44.7 Å². The van der Waals surface area contributed by atoms with Crippen molar-refractivity contribution in [2.75, 3.05) is 19.6 Å². The summed E-state index contributed by atoms with van der Waals surface area (Å²) in [6, 6.07) is 9.62. The van der Waals surface area contributed by atoms with Crippen molar-refractivity contribution in [3.05, 3.63) is 59.2 Å². The number of hydrogen-bond donors (Lipinski definition) is 0. The number of nitrogens with zero attached hydrogens (tertiary/aromatic N) is 4. The van der Waals surface area contributed by atoms with Gasteiger partial charge >= 0.3 is 0 Å². The van der Waals surface area contributed by atoms with Crippen LogP contribution in [-0.2, 0) is 0 Å². The molecule has 1 aromatic heterocycles. The van der Waals surface area contributed by atoms with Crippen LogP contribution in [0.3, 0.4) is 0 Å². The second kappa shape index (κ2) is 6.41. The van der Waals surface area contributed by atoms with E-state index in [4.69, 9.17) is 0 Å². The van der Waals surface area contributed by atoms with Crippen molar-refractivity contribution in [3.63, 3.8) is 0 Å². The van der Waals surface area contributed by atoms with Gasteiger partial charge in [-0.1, -0.05) is 29.8 Å². The third-order valence-electron chi connectivity index (χ3n) is 6.76. The van der Waals surface area contributed by atoms with E-state index >= 15 is 0 Å². The Hall–Kier alpha value is -2.27. The fraction of sp³-hybridized carbons (Fsp3) is 0.500. The predicted octanol–water partition coefficient (Wildman–Crippen LogP) is 2.80. The van der Waals surface area contributed by atoms with Crippen LogP contribution in [0.5, 0.6) is 0 Å². The van der Waals surface area contributed by atoms with Gasteiger partial charge in [0.15, 0.2) is 0 Å². The molecule has 5 heterocycles. The molecule has 4 saturated heterocycles. The van der Waals surface area contributed by atoms with Gasteiger partial charge in [-0.05, 0) is 51.3 Å². The van der Waals surface area contributed by atoms with E-state index in [1.165, 1.54) is 37.1 Å². The third-order valence-corrected chi connectivity index (χ3v) is 6.76. The van der Waals surface area contributed by atoms with Gasteiger partial charge in [-0.3, -0.25) is 14.7 Å². The summed E-state index contributed by atoms with van der Waals surface area (Å²) < 4.78 is 0. The lowest BCUT2D eigenvalue weighted by atomic mass is 9.75. The van der Waals surface area contributed by atoms with Gasteiger partial charge in [0.05, 0.1) is 17.9 Å². The first-order chi connectivity index (χ1) is 13.1. The number of carbonyl (C=O) groups excluding carboxylic acids is 1. The number of benzene rings is 1. The standard InChI is InChI=1S/C22H26N4O/c1-14-3-5-16(6-4-14)18-13-26(22(27)19-12-23-15(2)11-24-19)20-17-7-9-25(10-8-17)21(18)20/h3-6,11-12,17-18,20-21H,7-10,13H2,1-2H3/t18-,20+,21+/m0/s1. The number of fused-ring (bicyclic) bond motifs is 2. The van der Waals surface area contributed by atoms with Crippen LogP contribution in [0.25, 0.3) is 0 Å². The molecule has 0 unspecified atom stereocenters. The van der Waals surface area contributed by atoms with Gasteiger partial charge in [-0.25, -0.2) is 4.98 Å². The highest BCUT2D eigenvalue weighted by Gasteiger charge is 2.54. The zero-order chi connectivity index (χ0) is 18.5. The fourth-order valence-electron chi connectivity index (χ4n) is 5.41. The molecule has 1 aromatic carbocycles. The molecule has 0 radical (unpaired) electrons. The summed E-state index contributed by atoms with van der Waals surface area (Å²) in [4.78, 5) is 26.7. The maximum absolute atomic E-state index is 13.3. The average molecular weight is 362 g/mol. The molecule has 4 fully saturated rings. The smallest absolute Gasteiger partial charge is 0.274 e. The Balaban J connectivity index is 1.51. The molecule has 140 valence electrons. The van der Waals surface area contributed by atoms with E-state index in [9.17, 15) is 4.79 Å². The molecule has 0 saturated carbocycles. The summed E-state index contributed by atoms with van der Waals surface area (Å²) in [6.45, 7) is 7.13. The molecule has 5 heteroatoms. The minimum Gasteiger partial charge on any atom is -0.332 e. The molecule has 4 aliphatic heterocycles. The Morgan fingerprint density at radius 3 is 2.41 bits per heavy atom. The molecule has 0 N–H and O–H groups in total. The summed E-state index contributed by atoms with van der Waals surface area (Å²) in [5, 5.41) is 0. The molecule has 1 amide bonds. The van der Waals surface area contributed by atoms with E-state index in [0.29, 0.717) is 29.6 Å². The van der Waals surface area contributed by atoms with Crippen LogP contribution in [0.2, 0.25) is 0 Å². The normalized spacial score (nSPS) is 31.8. The SMILES string of the molecule is Cc1ccc([C@@H]2CN(C(=O)c3cnc(C)cn3)[C@@H]3C4CCN(CC4)[C@@H]32)cc1. The van der Waals surface area contributed by atoms with Gasteiger partial charge in [0.25, 0.3) is 5.91 Å². The summed E-state index contributed by atoms with van der Waals surface area (Å²) in [7, 11) is 0. The maximum atomic E-state index is 13.3. The molecule has 27 heavy (non-hydrogen) atoms. The van der Waals surface area contributed by atoms with Crippen molar-refractivity contribution >= 4 is 5.91 Å². The fourth-order valence-corrected chi connectivity index (χ4v) is 5.41. The number of rotatable bonds is 2. The molecule has 4 aliphatic rings. The van der Waals surface area contributed by atoms with Crippen molar-refractivity contribution in [2.24, 2.45) is 5.92 Å². The summed E-state index contributed by atoms with van der Waals surface area (Å²) in [5.74, 6) is 1.03. The van der Waals surface area contributed by atoms with Crippen LogP contribution in [0.15, 0.2) is 36.7 Å². The van der Waals surface area contributed by atoms with Gasteiger partial charge in [-0.15, -0.1) is 0 Å². The maximum Gasteiger partial charge on any atom is 0.274 e. The Morgan fingerprint density at radius 2 is 1.74 bits per heavy atom. The van der Waals surface area contributed by atoms with E-state index in [0.717, 1.165) is 12.2 Å². The molecule has 5 nitrogen and oxygen atoms in total. The van der Waals surface area contributed by atoms with Gasteiger partial charge in [-0.2, -0.15) is 0 Å². The molecule has 2 bridgehead atoms. The first-order valence-electron chi connectivity index (χ1n) is 10.0. The van der Waals surface area contributed by atoms with Gasteiger partial charge < -0.3 is 4.90 Å². The highest BCUT2D eigenvalue weighted by Crippen LogP contribution is 2.46. The van der Waals surface area contributed by atoms with E-state index < -0.39 is 0 Å². The Kier molecular flexibility index (Phi) is 4.01. The monoisotopic (exact) mass is 362 g/mol. The van der Waals surface area contributed by atoms with Crippen LogP contribution in [0.4, 0.5) is 0 Å². The van der Waals surface area contributed by atoms with Gasteiger partial charge in [0.1, 0.15) is 5.69 Å². The lowest BCUT2D eigenvalue weighted by Gasteiger charge is -2.51. The number of likely N-dealkylation sites (tertiary alicyclic amines) is 1. The zero-order valence-corrected chi connectivity index (χ0v) is 16.0. The number of hydrogen-bond acceptors (Lipinski definition) is 4. The number of piperidine rings is 3. The number of amides is 1. The first-order valence-corrected chi connectivity index (χ1v) is 10.0. The molecular weight excluding hydrogens is 336 g/mol. The second-order valence-corrected chi connectivity index (χ2v) is 8.37. The molecule has 3 atom stereocenters. The summed E-state index contributed by atoms with van der Waals surface area (Å²) in [5.41, 5.74) is 3.95. The minimum atomic E-state index is 0.0425. The predicted molar refractivity (Wildman–Crippen MR) is 104 cm³/mol. The van der Waals surface area contributed by atoms with Crippen LogP contribution in [0, 0.1) is 19.8 Å². The average Bonchev–Trinajstić information content (AvgIpc) is 3.12. The van der Waals surface area contributed by atoms with Crippen LogP contribution >= 0.6 is 0 Å². The van der Waals surface area contributed by atoms with E-state index in [1.807, 2.05) is 6.92 Å². The number of aryl methyl sites for hydroxylation is 2. The Bertz CT molecular complexity index is 840. The third kappa shape index (κ3) is 2.76. The van der Waals surface area contributed by atoms with Crippen LogP contribution in [0.1, 0.15) is 46.1 Å². The molecule has 2 aromatic rings. The topological polar surface area (TPSA) is 49.3 Å². The van der Waals surface area contributed by atoms with E-state index in [2.05, 4.69) is 51.0 Å². The molecule has 0 aliphatic carbocycles. The summed E-state index contributed by atoms with van der Waals surface area (Å²) >= 11 is 0. The summed E-state index contributed by atoms with van der Waals surface area (Å²) in [6.07, 6.45) is 5.72. The highest BCUT2D eigenvalue weighted by molar-refractivity contribution is 5.92. The number of carbonyl (C=O) groups is 1. The van der Waals surface area contributed by atoms with E-state index in [-0.39, 0.29) is 5.91 Å². The first kappa shape index (κ1) is 16.9. The Labute approximate surface area is 160 Å². The van der Waals surface area contributed by atoms with Crippen molar-refractivity contribution in [3.8, 4) is 0 Å². The molecule has 0 spiro atoms. The largest absolute Gasteiger partial charge is 0.332 e. The van der Waals surface area contributed by atoms with Crippen LogP contribution in [-0.4, -0.2) is 57.4 Å². The highest BCUT2D eigenvalue weighted by atomic mass is 16.2. The minimum absolute atomic E-state index is 0.0425. The lowest BCUT2D eigenvalue weighted by molar-refractivity contribution is -0.00359. The van der Waals surface area contributed by atoms with Gasteiger partial charge in [0.2, 0.25) is 0 Å². The van der Waals surface area contributed by atoms with Gasteiger partial charge in [0, 0.05) is 24.7 Å². The van der Waals surface area contributed by atoms with E-state index in [1.54, 1.807) is 12.4 Å². The lowest BCUT2D eigenvalue weighted by Crippen LogP contribution is -2.60. The Morgan fingerprint density at radius 1 is 1.00 bits per heavy atom. The second-order valence-electron chi connectivity index (χ2n) is 8.37. The molecular formula is C22H26N4O. The van der Waals surface area contributed by atoms with Crippen molar-refractivity contribution in [1.82, 2.24) is 19.8 Å². The number of aromatic nitrogens is 2.